The number of nitrogens with two attached hydrogens (primary N) is 1. The van der Waals surface area contributed by atoms with E-state index in [0.29, 0.717) is 12.1 Å². The molecule has 30 heavy (non-hydrogen) atoms. The van der Waals surface area contributed by atoms with E-state index in [-0.39, 0.29) is 17.2 Å². The van der Waals surface area contributed by atoms with Gasteiger partial charge >= 0.3 is 12.0 Å². The first-order valence-corrected chi connectivity index (χ1v) is 10.4. The van der Waals surface area contributed by atoms with Crippen molar-refractivity contribution in [1.29, 1.82) is 0 Å². The summed E-state index contributed by atoms with van der Waals surface area (Å²) < 4.78 is 0. The maximum Gasteiger partial charge on any atom is 0.335 e. The number of thioether (sulfide) groups is 1. The van der Waals surface area contributed by atoms with Crippen molar-refractivity contribution in [2.75, 3.05) is 17.2 Å². The normalized spacial score (nSPS) is 14.1. The number of urea groups is 1. The summed E-state index contributed by atoms with van der Waals surface area (Å²) in [7, 11) is 0. The van der Waals surface area contributed by atoms with Gasteiger partial charge in [-0.25, -0.2) is 15.0 Å². The number of hydrazone groups is 1. The summed E-state index contributed by atoms with van der Waals surface area (Å²) >= 11 is 1.62. The van der Waals surface area contributed by atoms with Crippen LogP contribution in [0.2, 0.25) is 0 Å². The highest BCUT2D eigenvalue weighted by Crippen LogP contribution is 2.33. The Labute approximate surface area is 178 Å². The third-order valence-electron chi connectivity index (χ3n) is 4.55. The van der Waals surface area contributed by atoms with Gasteiger partial charge in [-0.3, -0.25) is 4.79 Å². The number of carbonyl (C=O) groups is 3. The smallest absolute Gasteiger partial charge is 0.335 e. The predicted octanol–water partition coefficient (Wildman–Crippen LogP) is 2.85. The number of hydrogen-bond donors (Lipinski definition) is 3. The lowest BCUT2D eigenvalue weighted by atomic mass is 10.1. The van der Waals surface area contributed by atoms with Gasteiger partial charge in [-0.2, -0.15) is 5.10 Å². The van der Waals surface area contributed by atoms with Crippen molar-refractivity contribution < 1.29 is 19.5 Å². The van der Waals surface area contributed by atoms with Crippen molar-refractivity contribution in [1.82, 2.24) is 5.43 Å². The minimum absolute atomic E-state index is 0.170. The molecule has 8 nitrogen and oxygen atoms in total. The second-order valence-electron chi connectivity index (χ2n) is 6.67. The lowest BCUT2D eigenvalue weighted by Crippen LogP contribution is -2.33. The Morgan fingerprint density at radius 2 is 1.93 bits per heavy atom. The fraction of sp³-hybridized carbons (Fsp3) is 0.238. The standard InChI is InChI=1S/C21H22N4O4S/c1-2-10-25-17-8-7-15(12-16(17)18(19(25)26)23-24-21(22)29)30-11-9-13-3-5-14(6-4-13)20(27)28/h3-8,12H,2,9-11H2,1H3,(H,27,28)(H3,22,24,29). The zero-order valence-corrected chi connectivity index (χ0v) is 17.2. The zero-order chi connectivity index (χ0) is 21.7. The Kier molecular flexibility index (Phi) is 6.73. The zero-order valence-electron chi connectivity index (χ0n) is 16.4. The molecule has 3 amide bonds. The third kappa shape index (κ3) is 4.80. The van der Waals surface area contributed by atoms with Crippen molar-refractivity contribution in [2.45, 2.75) is 24.7 Å². The highest BCUT2D eigenvalue weighted by atomic mass is 32.2. The molecule has 9 heteroatoms. The number of nitrogens with one attached hydrogen (secondary N) is 1. The second-order valence-corrected chi connectivity index (χ2v) is 7.84. The summed E-state index contributed by atoms with van der Waals surface area (Å²) in [5.74, 6) is -0.422. The monoisotopic (exact) mass is 426 g/mol. The second kappa shape index (κ2) is 9.45. The van der Waals surface area contributed by atoms with Crippen LogP contribution in [-0.4, -0.2) is 41.0 Å². The molecule has 3 rings (SSSR count). The molecule has 156 valence electrons. The number of amides is 3. The van der Waals surface area contributed by atoms with Crippen LogP contribution in [0.5, 0.6) is 0 Å². The maximum absolute atomic E-state index is 12.7. The molecule has 0 atom stereocenters. The Balaban J connectivity index is 1.73. The number of hydrogen-bond acceptors (Lipinski definition) is 5. The van der Waals surface area contributed by atoms with Crippen molar-refractivity contribution in [3.05, 3.63) is 59.2 Å². The van der Waals surface area contributed by atoms with Gasteiger partial charge in [0.05, 0.1) is 11.3 Å². The molecule has 0 saturated heterocycles. The van der Waals surface area contributed by atoms with Crippen LogP contribution in [0.15, 0.2) is 52.5 Å². The molecule has 0 aromatic heterocycles. The van der Waals surface area contributed by atoms with Crippen molar-refractivity contribution in [3.63, 3.8) is 0 Å². The fourth-order valence-electron chi connectivity index (χ4n) is 3.15. The van der Waals surface area contributed by atoms with Gasteiger partial charge in [-0.1, -0.05) is 19.1 Å². The lowest BCUT2D eigenvalue weighted by molar-refractivity contribution is -0.112. The number of carbonyl (C=O) groups excluding carboxylic acids is 2. The number of rotatable bonds is 8. The summed E-state index contributed by atoms with van der Waals surface area (Å²) in [6, 6.07) is 11.7. The number of aromatic carboxylic acids is 1. The third-order valence-corrected chi connectivity index (χ3v) is 5.54. The summed E-state index contributed by atoms with van der Waals surface area (Å²) in [5.41, 5.74) is 10.1. The number of carboxylic acids is 1. The van der Waals surface area contributed by atoms with Gasteiger partial charge in [0.1, 0.15) is 0 Å². The number of fused-ring (bicyclic) bond motifs is 1. The van der Waals surface area contributed by atoms with Gasteiger partial charge in [-0.15, -0.1) is 11.8 Å². The number of nitrogens with zero attached hydrogens (tertiary/aromatic N) is 2. The number of anilines is 1. The molecule has 1 aliphatic rings. The molecule has 4 N–H and O–H groups in total. The van der Waals surface area contributed by atoms with Gasteiger partial charge in [-0.05, 0) is 48.7 Å². The van der Waals surface area contributed by atoms with Gasteiger partial charge in [0, 0.05) is 22.8 Å². The Morgan fingerprint density at radius 1 is 1.20 bits per heavy atom. The van der Waals surface area contributed by atoms with Crippen LogP contribution in [0, 0.1) is 0 Å². The molecule has 0 spiro atoms. The SMILES string of the molecule is CCCN1C(=O)C(=NNC(N)=O)c2cc(SCCc3ccc(C(=O)O)cc3)ccc21. The van der Waals surface area contributed by atoms with Crippen LogP contribution in [0.4, 0.5) is 10.5 Å². The molecule has 2 aromatic rings. The van der Waals surface area contributed by atoms with E-state index in [9.17, 15) is 14.4 Å². The molecule has 1 aliphatic heterocycles. The van der Waals surface area contributed by atoms with E-state index in [0.717, 1.165) is 34.7 Å². The number of primary amides is 1. The fourth-order valence-corrected chi connectivity index (χ4v) is 4.09. The van der Waals surface area contributed by atoms with E-state index < -0.39 is 12.0 Å². The number of carboxylic acid groups (broad SMARTS) is 1. The molecule has 0 unspecified atom stereocenters. The topological polar surface area (TPSA) is 125 Å². The van der Waals surface area contributed by atoms with E-state index in [4.69, 9.17) is 10.8 Å². The van der Waals surface area contributed by atoms with Crippen LogP contribution in [0.25, 0.3) is 0 Å². The Hall–Kier alpha value is -3.33. The molecule has 1 heterocycles. The highest BCUT2D eigenvalue weighted by Gasteiger charge is 2.34. The molecule has 0 bridgehead atoms. The molecule has 0 saturated carbocycles. The summed E-state index contributed by atoms with van der Waals surface area (Å²) in [6.07, 6.45) is 1.56. The average molecular weight is 426 g/mol. The van der Waals surface area contributed by atoms with Crippen molar-refractivity contribution >= 4 is 41.1 Å². The molecular formula is C21H22N4O4S. The van der Waals surface area contributed by atoms with Crippen LogP contribution < -0.4 is 16.1 Å². The summed E-state index contributed by atoms with van der Waals surface area (Å²) in [5, 5.41) is 12.9. The lowest BCUT2D eigenvalue weighted by Gasteiger charge is -2.15. The van der Waals surface area contributed by atoms with Gasteiger partial charge in [0.15, 0.2) is 5.71 Å². The van der Waals surface area contributed by atoms with Crippen molar-refractivity contribution in [3.8, 4) is 0 Å². The molecular weight excluding hydrogens is 404 g/mol. The van der Waals surface area contributed by atoms with E-state index in [1.54, 1.807) is 28.8 Å². The first kappa shape index (κ1) is 21.4. The first-order chi connectivity index (χ1) is 14.4. The van der Waals surface area contributed by atoms with Crippen LogP contribution in [-0.2, 0) is 11.2 Å². The molecule has 0 fully saturated rings. The largest absolute Gasteiger partial charge is 0.478 e. The van der Waals surface area contributed by atoms with Crippen LogP contribution in [0.1, 0.15) is 34.8 Å². The molecule has 0 radical (unpaired) electrons. The van der Waals surface area contributed by atoms with E-state index in [1.165, 1.54) is 0 Å². The van der Waals surface area contributed by atoms with Gasteiger partial charge in [0.2, 0.25) is 0 Å². The van der Waals surface area contributed by atoms with Gasteiger partial charge in [0.25, 0.3) is 5.91 Å². The summed E-state index contributed by atoms with van der Waals surface area (Å²) in [6.45, 7) is 2.54. The van der Waals surface area contributed by atoms with Crippen LogP contribution in [0.3, 0.4) is 0 Å². The molecule has 0 aliphatic carbocycles. The summed E-state index contributed by atoms with van der Waals surface area (Å²) in [4.78, 5) is 37.3. The maximum atomic E-state index is 12.7. The first-order valence-electron chi connectivity index (χ1n) is 9.45. The number of benzene rings is 2. The minimum Gasteiger partial charge on any atom is -0.478 e. The van der Waals surface area contributed by atoms with E-state index in [2.05, 4.69) is 10.5 Å². The highest BCUT2D eigenvalue weighted by molar-refractivity contribution is 7.99. The quantitative estimate of drug-likeness (QED) is 0.442. The van der Waals surface area contributed by atoms with Crippen LogP contribution >= 0.6 is 11.8 Å². The van der Waals surface area contributed by atoms with Crippen molar-refractivity contribution in [2.24, 2.45) is 10.8 Å². The Bertz CT molecular complexity index is 1000. The van der Waals surface area contributed by atoms with Gasteiger partial charge < -0.3 is 15.7 Å². The number of aryl methyl sites for hydroxylation is 1. The Morgan fingerprint density at radius 3 is 2.57 bits per heavy atom. The minimum atomic E-state index is -0.941. The van der Waals surface area contributed by atoms with E-state index >= 15 is 0 Å². The van der Waals surface area contributed by atoms with E-state index in [1.807, 2.05) is 37.3 Å². The predicted molar refractivity (Wildman–Crippen MR) is 116 cm³/mol. The average Bonchev–Trinajstić information content (AvgIpc) is 2.97. The molecule has 2 aromatic carbocycles.